The van der Waals surface area contributed by atoms with E-state index < -0.39 is 0 Å². The second-order valence-corrected chi connectivity index (χ2v) is 4.09. The van der Waals surface area contributed by atoms with E-state index in [1.807, 2.05) is 11.8 Å². The Labute approximate surface area is 77.0 Å². The molecule has 0 aromatic carbocycles. The number of amides is 1. The molecule has 0 saturated heterocycles. The Balaban J connectivity index is 0. The van der Waals surface area contributed by atoms with E-state index in [1.165, 1.54) is 0 Å². The van der Waals surface area contributed by atoms with Crippen LogP contribution < -0.4 is 0 Å². The molecule has 74 valence electrons. The summed E-state index contributed by atoms with van der Waals surface area (Å²) >= 11 is 0. The average molecular weight is 173 g/mol. The van der Waals surface area contributed by atoms with E-state index >= 15 is 0 Å². The standard InChI is InChI=1S/C9H19NO.CH4/c1-6-10(8(2)11)7-9(3,4)5;/h6-7H2,1-5H3;1H4. The molecule has 0 heterocycles. The number of nitrogens with zero attached hydrogens (tertiary/aromatic N) is 1. The minimum Gasteiger partial charge on any atom is -0.343 e. The summed E-state index contributed by atoms with van der Waals surface area (Å²) in [4.78, 5) is 12.8. The number of hydrogen-bond acceptors (Lipinski definition) is 1. The van der Waals surface area contributed by atoms with Gasteiger partial charge in [0.25, 0.3) is 0 Å². The van der Waals surface area contributed by atoms with Crippen molar-refractivity contribution in [2.45, 2.75) is 42.0 Å². The van der Waals surface area contributed by atoms with Crippen LogP contribution in [0, 0.1) is 5.41 Å². The highest BCUT2D eigenvalue weighted by molar-refractivity contribution is 5.73. The molecular formula is C10H23NO. The van der Waals surface area contributed by atoms with Gasteiger partial charge in [0, 0.05) is 20.0 Å². The maximum absolute atomic E-state index is 11.0. The topological polar surface area (TPSA) is 20.3 Å². The Morgan fingerprint density at radius 2 is 1.75 bits per heavy atom. The van der Waals surface area contributed by atoms with Crippen molar-refractivity contribution < 1.29 is 4.79 Å². The fourth-order valence-corrected chi connectivity index (χ4v) is 1.02. The van der Waals surface area contributed by atoms with E-state index in [1.54, 1.807) is 6.92 Å². The highest BCUT2D eigenvalue weighted by atomic mass is 16.2. The van der Waals surface area contributed by atoms with Crippen LogP contribution in [-0.2, 0) is 4.79 Å². The molecule has 2 nitrogen and oxygen atoms in total. The van der Waals surface area contributed by atoms with Crippen LogP contribution in [-0.4, -0.2) is 23.9 Å². The summed E-state index contributed by atoms with van der Waals surface area (Å²) in [6.07, 6.45) is 0. The van der Waals surface area contributed by atoms with Crippen LogP contribution in [0.4, 0.5) is 0 Å². The van der Waals surface area contributed by atoms with Gasteiger partial charge in [-0.05, 0) is 12.3 Å². The lowest BCUT2D eigenvalue weighted by Crippen LogP contribution is -2.35. The van der Waals surface area contributed by atoms with Gasteiger partial charge in [-0.15, -0.1) is 0 Å². The van der Waals surface area contributed by atoms with E-state index in [4.69, 9.17) is 0 Å². The minimum absolute atomic E-state index is 0. The third-order valence-electron chi connectivity index (χ3n) is 1.49. The lowest BCUT2D eigenvalue weighted by atomic mass is 9.96. The van der Waals surface area contributed by atoms with Gasteiger partial charge in [-0.25, -0.2) is 0 Å². The summed E-state index contributed by atoms with van der Waals surface area (Å²) < 4.78 is 0. The van der Waals surface area contributed by atoms with E-state index in [2.05, 4.69) is 20.8 Å². The number of carbonyl (C=O) groups is 1. The lowest BCUT2D eigenvalue weighted by Gasteiger charge is -2.27. The van der Waals surface area contributed by atoms with Crippen LogP contribution in [0.5, 0.6) is 0 Å². The van der Waals surface area contributed by atoms with Gasteiger partial charge in [-0.3, -0.25) is 4.79 Å². The molecular weight excluding hydrogens is 150 g/mol. The molecule has 0 radical (unpaired) electrons. The summed E-state index contributed by atoms with van der Waals surface area (Å²) in [5, 5.41) is 0. The highest BCUT2D eigenvalue weighted by Gasteiger charge is 2.16. The third-order valence-corrected chi connectivity index (χ3v) is 1.49. The number of rotatable bonds is 2. The highest BCUT2D eigenvalue weighted by Crippen LogP contribution is 2.14. The zero-order chi connectivity index (χ0) is 9.07. The first kappa shape index (κ1) is 14.0. The number of hydrogen-bond donors (Lipinski definition) is 0. The van der Waals surface area contributed by atoms with Crippen molar-refractivity contribution in [3.8, 4) is 0 Å². The summed E-state index contributed by atoms with van der Waals surface area (Å²) in [6.45, 7) is 11.7. The molecule has 0 spiro atoms. The van der Waals surface area contributed by atoms with Gasteiger partial charge in [0.05, 0.1) is 0 Å². The molecule has 0 aromatic heterocycles. The van der Waals surface area contributed by atoms with Crippen LogP contribution in [0.25, 0.3) is 0 Å². The molecule has 2 heteroatoms. The fraction of sp³-hybridized carbons (Fsp3) is 0.900. The maximum atomic E-state index is 11.0. The molecule has 0 saturated carbocycles. The molecule has 0 bridgehead atoms. The number of carbonyl (C=O) groups excluding carboxylic acids is 1. The van der Waals surface area contributed by atoms with E-state index in [-0.39, 0.29) is 18.7 Å². The Kier molecular flexibility index (Phi) is 6.05. The van der Waals surface area contributed by atoms with Crippen molar-refractivity contribution in [2.75, 3.05) is 13.1 Å². The average Bonchev–Trinajstić information content (AvgIpc) is 1.80. The maximum Gasteiger partial charge on any atom is 0.219 e. The second-order valence-electron chi connectivity index (χ2n) is 4.09. The van der Waals surface area contributed by atoms with Crippen molar-refractivity contribution >= 4 is 5.91 Å². The molecule has 1 amide bonds. The Bertz CT molecular complexity index is 135. The predicted molar refractivity (Wildman–Crippen MR) is 54.1 cm³/mol. The smallest absolute Gasteiger partial charge is 0.219 e. The minimum atomic E-state index is 0. The molecule has 12 heavy (non-hydrogen) atoms. The van der Waals surface area contributed by atoms with Gasteiger partial charge in [0.1, 0.15) is 0 Å². The van der Waals surface area contributed by atoms with E-state index in [9.17, 15) is 4.79 Å². The molecule has 0 aliphatic carbocycles. The molecule has 0 aliphatic heterocycles. The van der Waals surface area contributed by atoms with Crippen molar-refractivity contribution in [1.82, 2.24) is 4.90 Å². The summed E-state index contributed by atoms with van der Waals surface area (Å²) in [5.41, 5.74) is 0.210. The quantitative estimate of drug-likeness (QED) is 0.628. The van der Waals surface area contributed by atoms with Gasteiger partial charge >= 0.3 is 0 Å². The van der Waals surface area contributed by atoms with Crippen LogP contribution >= 0.6 is 0 Å². The fourth-order valence-electron chi connectivity index (χ4n) is 1.02. The van der Waals surface area contributed by atoms with Crippen LogP contribution in [0.15, 0.2) is 0 Å². The van der Waals surface area contributed by atoms with Crippen molar-refractivity contribution in [2.24, 2.45) is 5.41 Å². The first-order chi connectivity index (χ1) is 4.87. The zero-order valence-corrected chi connectivity index (χ0v) is 8.27. The van der Waals surface area contributed by atoms with Gasteiger partial charge in [0.2, 0.25) is 5.91 Å². The Hall–Kier alpha value is -0.530. The predicted octanol–water partition coefficient (Wildman–Crippen LogP) is 2.54. The zero-order valence-electron chi connectivity index (χ0n) is 8.27. The molecule has 0 rings (SSSR count). The first-order valence-corrected chi connectivity index (χ1v) is 4.12. The monoisotopic (exact) mass is 173 g/mol. The van der Waals surface area contributed by atoms with Crippen LogP contribution in [0.2, 0.25) is 0 Å². The second kappa shape index (κ2) is 5.18. The first-order valence-electron chi connectivity index (χ1n) is 4.12. The van der Waals surface area contributed by atoms with E-state index in [0.29, 0.717) is 0 Å². The summed E-state index contributed by atoms with van der Waals surface area (Å²) in [5.74, 6) is 0.169. The van der Waals surface area contributed by atoms with E-state index in [0.717, 1.165) is 13.1 Å². The normalized spacial score (nSPS) is 10.4. The molecule has 0 fully saturated rings. The van der Waals surface area contributed by atoms with Crippen molar-refractivity contribution in [1.29, 1.82) is 0 Å². The summed E-state index contributed by atoms with van der Waals surface area (Å²) in [6, 6.07) is 0. The van der Waals surface area contributed by atoms with Crippen LogP contribution in [0.3, 0.4) is 0 Å². The van der Waals surface area contributed by atoms with Gasteiger partial charge in [0.15, 0.2) is 0 Å². The Morgan fingerprint density at radius 3 is 1.83 bits per heavy atom. The summed E-state index contributed by atoms with van der Waals surface area (Å²) in [7, 11) is 0. The van der Waals surface area contributed by atoms with Gasteiger partial charge in [-0.2, -0.15) is 0 Å². The molecule has 0 N–H and O–H groups in total. The molecule has 0 atom stereocenters. The molecule has 0 aliphatic rings. The van der Waals surface area contributed by atoms with Gasteiger partial charge in [-0.1, -0.05) is 28.2 Å². The lowest BCUT2D eigenvalue weighted by molar-refractivity contribution is -0.129. The van der Waals surface area contributed by atoms with Crippen molar-refractivity contribution in [3.63, 3.8) is 0 Å². The van der Waals surface area contributed by atoms with Gasteiger partial charge < -0.3 is 4.90 Å². The Morgan fingerprint density at radius 1 is 1.33 bits per heavy atom. The SMILES string of the molecule is C.CCN(CC(C)(C)C)C(C)=O. The largest absolute Gasteiger partial charge is 0.343 e. The van der Waals surface area contributed by atoms with Crippen LogP contribution in [0.1, 0.15) is 42.0 Å². The third kappa shape index (κ3) is 6.20. The molecule has 0 unspecified atom stereocenters. The molecule has 0 aromatic rings. The van der Waals surface area contributed by atoms with Crippen molar-refractivity contribution in [3.05, 3.63) is 0 Å².